The summed E-state index contributed by atoms with van der Waals surface area (Å²) >= 11 is 0. The summed E-state index contributed by atoms with van der Waals surface area (Å²) < 4.78 is 11.3. The third-order valence-electron chi connectivity index (χ3n) is 4.97. The first-order valence-corrected chi connectivity index (χ1v) is 9.86. The maximum atomic E-state index is 12.6. The standard InChI is InChI=1S/C22H24N4O3/c1-2-20-23-24-22(29-20)17-7-6-10-19(15-17)28-16-21(27)26-13-11-25(12-14-26)18-8-4-3-5-9-18/h3-10,15H,2,11-14,16H2,1H3. The Labute approximate surface area is 169 Å². The molecule has 1 saturated heterocycles. The van der Waals surface area contributed by atoms with Gasteiger partial charge in [0.05, 0.1) is 0 Å². The van der Waals surface area contributed by atoms with Crippen LogP contribution in [0.25, 0.3) is 11.5 Å². The predicted octanol–water partition coefficient (Wildman–Crippen LogP) is 3.03. The fraction of sp³-hybridized carbons (Fsp3) is 0.318. The second-order valence-electron chi connectivity index (χ2n) is 6.87. The van der Waals surface area contributed by atoms with Crippen LogP contribution >= 0.6 is 0 Å². The Morgan fingerprint density at radius 1 is 1.03 bits per heavy atom. The Hall–Kier alpha value is -3.35. The van der Waals surface area contributed by atoms with Crippen molar-refractivity contribution in [2.24, 2.45) is 0 Å². The van der Waals surface area contributed by atoms with Crippen molar-refractivity contribution >= 4 is 11.6 Å². The first-order valence-electron chi connectivity index (χ1n) is 9.86. The molecular formula is C22H24N4O3. The van der Waals surface area contributed by atoms with Crippen LogP contribution in [0.1, 0.15) is 12.8 Å². The molecule has 3 aromatic rings. The summed E-state index contributed by atoms with van der Waals surface area (Å²) in [6.07, 6.45) is 0.690. The Bertz CT molecular complexity index is 949. The minimum atomic E-state index is -0.00539. The molecule has 0 N–H and O–H groups in total. The number of piperazine rings is 1. The molecule has 0 aliphatic carbocycles. The molecule has 0 saturated carbocycles. The van der Waals surface area contributed by atoms with Gasteiger partial charge in [0, 0.05) is 43.9 Å². The lowest BCUT2D eigenvalue weighted by atomic mass is 10.2. The van der Waals surface area contributed by atoms with E-state index in [1.807, 2.05) is 54.3 Å². The zero-order chi connectivity index (χ0) is 20.1. The van der Waals surface area contributed by atoms with Crippen LogP contribution in [0.4, 0.5) is 5.69 Å². The molecule has 7 heteroatoms. The highest BCUT2D eigenvalue weighted by molar-refractivity contribution is 5.78. The summed E-state index contributed by atoms with van der Waals surface area (Å²) in [6.45, 7) is 5.00. The van der Waals surface area contributed by atoms with Crippen LogP contribution in [-0.2, 0) is 11.2 Å². The molecule has 2 aromatic carbocycles. The summed E-state index contributed by atoms with van der Waals surface area (Å²) in [6, 6.07) is 17.6. The molecule has 150 valence electrons. The number of hydrogen-bond acceptors (Lipinski definition) is 6. The van der Waals surface area contributed by atoms with E-state index >= 15 is 0 Å². The Morgan fingerprint density at radius 2 is 1.83 bits per heavy atom. The third-order valence-corrected chi connectivity index (χ3v) is 4.97. The number of aryl methyl sites for hydroxylation is 1. The van der Waals surface area contributed by atoms with Crippen LogP contribution in [0.5, 0.6) is 5.75 Å². The molecule has 0 spiro atoms. The number of benzene rings is 2. The van der Waals surface area contributed by atoms with Gasteiger partial charge in [0.2, 0.25) is 11.8 Å². The lowest BCUT2D eigenvalue weighted by Gasteiger charge is -2.36. The molecule has 1 aliphatic rings. The fourth-order valence-electron chi connectivity index (χ4n) is 3.32. The highest BCUT2D eigenvalue weighted by Gasteiger charge is 2.21. The van der Waals surface area contributed by atoms with Gasteiger partial charge in [-0.1, -0.05) is 31.2 Å². The van der Waals surface area contributed by atoms with Gasteiger partial charge in [-0.2, -0.15) is 0 Å². The monoisotopic (exact) mass is 392 g/mol. The molecule has 0 radical (unpaired) electrons. The van der Waals surface area contributed by atoms with Crippen LogP contribution in [0.15, 0.2) is 59.0 Å². The van der Waals surface area contributed by atoms with Crippen LogP contribution in [0.2, 0.25) is 0 Å². The van der Waals surface area contributed by atoms with Crippen molar-refractivity contribution in [1.82, 2.24) is 15.1 Å². The van der Waals surface area contributed by atoms with E-state index in [4.69, 9.17) is 9.15 Å². The largest absolute Gasteiger partial charge is 0.484 e. The molecular weight excluding hydrogens is 368 g/mol. The number of amides is 1. The Morgan fingerprint density at radius 3 is 2.55 bits per heavy atom. The van der Waals surface area contributed by atoms with Crippen LogP contribution in [0, 0.1) is 0 Å². The highest BCUT2D eigenvalue weighted by atomic mass is 16.5. The molecule has 2 heterocycles. The smallest absolute Gasteiger partial charge is 0.260 e. The molecule has 1 aromatic heterocycles. The van der Waals surface area contributed by atoms with E-state index in [0.717, 1.165) is 18.7 Å². The van der Waals surface area contributed by atoms with Gasteiger partial charge >= 0.3 is 0 Å². The number of carbonyl (C=O) groups is 1. The van der Waals surface area contributed by atoms with Crippen LogP contribution < -0.4 is 9.64 Å². The Kier molecular flexibility index (Phi) is 5.74. The van der Waals surface area contributed by atoms with E-state index in [9.17, 15) is 4.79 Å². The van der Waals surface area contributed by atoms with Gasteiger partial charge < -0.3 is 19.0 Å². The molecule has 1 aliphatic heterocycles. The highest BCUT2D eigenvalue weighted by Crippen LogP contribution is 2.23. The van der Waals surface area contributed by atoms with E-state index in [2.05, 4.69) is 27.2 Å². The van der Waals surface area contributed by atoms with Gasteiger partial charge in [0.25, 0.3) is 5.91 Å². The number of rotatable bonds is 6. The van der Waals surface area contributed by atoms with Gasteiger partial charge in [-0.15, -0.1) is 10.2 Å². The van der Waals surface area contributed by atoms with Crippen molar-refractivity contribution in [3.05, 3.63) is 60.5 Å². The molecule has 0 unspecified atom stereocenters. The van der Waals surface area contributed by atoms with Crippen molar-refractivity contribution in [1.29, 1.82) is 0 Å². The number of aromatic nitrogens is 2. The van der Waals surface area contributed by atoms with Gasteiger partial charge in [-0.05, 0) is 30.3 Å². The number of nitrogens with zero attached hydrogens (tertiary/aromatic N) is 4. The van der Waals surface area contributed by atoms with Crippen molar-refractivity contribution < 1.29 is 13.9 Å². The second kappa shape index (κ2) is 8.77. The van der Waals surface area contributed by atoms with Crippen LogP contribution in [-0.4, -0.2) is 53.8 Å². The predicted molar refractivity (Wildman–Crippen MR) is 110 cm³/mol. The van der Waals surface area contributed by atoms with Gasteiger partial charge in [0.1, 0.15) is 5.75 Å². The number of para-hydroxylation sites is 1. The normalized spacial score (nSPS) is 14.1. The van der Waals surface area contributed by atoms with E-state index in [0.29, 0.717) is 37.0 Å². The van der Waals surface area contributed by atoms with E-state index in [1.165, 1.54) is 5.69 Å². The average Bonchev–Trinajstić information content (AvgIpc) is 3.28. The lowest BCUT2D eigenvalue weighted by molar-refractivity contribution is -0.133. The van der Waals surface area contributed by atoms with Crippen molar-refractivity contribution in [2.75, 3.05) is 37.7 Å². The van der Waals surface area contributed by atoms with E-state index in [-0.39, 0.29) is 12.5 Å². The van der Waals surface area contributed by atoms with Crippen molar-refractivity contribution in [3.63, 3.8) is 0 Å². The zero-order valence-electron chi connectivity index (χ0n) is 16.5. The maximum Gasteiger partial charge on any atom is 0.260 e. The first kappa shape index (κ1) is 19.0. The minimum Gasteiger partial charge on any atom is -0.484 e. The molecule has 29 heavy (non-hydrogen) atoms. The molecule has 0 atom stereocenters. The van der Waals surface area contributed by atoms with E-state index < -0.39 is 0 Å². The maximum absolute atomic E-state index is 12.6. The summed E-state index contributed by atoms with van der Waals surface area (Å²) in [7, 11) is 0. The van der Waals surface area contributed by atoms with Gasteiger partial charge in [-0.25, -0.2) is 0 Å². The SMILES string of the molecule is CCc1nnc(-c2cccc(OCC(=O)N3CCN(c4ccccc4)CC3)c2)o1. The fourth-order valence-corrected chi connectivity index (χ4v) is 3.32. The van der Waals surface area contributed by atoms with Crippen molar-refractivity contribution in [2.45, 2.75) is 13.3 Å². The van der Waals surface area contributed by atoms with Crippen molar-refractivity contribution in [3.8, 4) is 17.2 Å². The first-order chi connectivity index (χ1) is 14.2. The molecule has 1 fully saturated rings. The van der Waals surface area contributed by atoms with Crippen LogP contribution in [0.3, 0.4) is 0 Å². The molecule has 4 rings (SSSR count). The zero-order valence-corrected chi connectivity index (χ0v) is 16.5. The summed E-state index contributed by atoms with van der Waals surface area (Å²) in [5.41, 5.74) is 1.97. The average molecular weight is 392 g/mol. The molecule has 1 amide bonds. The number of hydrogen-bond donors (Lipinski definition) is 0. The van der Waals surface area contributed by atoms with Gasteiger partial charge in [0.15, 0.2) is 6.61 Å². The summed E-state index contributed by atoms with van der Waals surface area (Å²) in [4.78, 5) is 16.7. The van der Waals surface area contributed by atoms with E-state index in [1.54, 1.807) is 0 Å². The minimum absolute atomic E-state index is 0.00539. The lowest BCUT2D eigenvalue weighted by Crippen LogP contribution is -2.50. The number of anilines is 1. The Balaban J connectivity index is 1.30. The summed E-state index contributed by atoms with van der Waals surface area (Å²) in [5.74, 6) is 1.65. The number of ether oxygens (including phenoxy) is 1. The molecule has 7 nitrogen and oxygen atoms in total. The second-order valence-corrected chi connectivity index (χ2v) is 6.87. The summed E-state index contributed by atoms with van der Waals surface area (Å²) in [5, 5.41) is 8.03. The third kappa shape index (κ3) is 4.56. The van der Waals surface area contributed by atoms with Gasteiger partial charge in [-0.3, -0.25) is 4.79 Å². The topological polar surface area (TPSA) is 71.7 Å². The number of carbonyl (C=O) groups excluding carboxylic acids is 1. The molecule has 0 bridgehead atoms. The quantitative estimate of drug-likeness (QED) is 0.642.